The molecular weight excluding hydrogens is 264 g/mol. The standard InChI is InChI=1S/C16H32N4O/c1-14(2)16(5-6-17-13-16)15(21)20-11-9-19(10-12-20)8-7-18(3)4/h14,17H,5-13H2,1-4H3. The monoisotopic (exact) mass is 296 g/mol. The minimum absolute atomic E-state index is 0.161. The van der Waals surface area contributed by atoms with E-state index in [1.165, 1.54) is 0 Å². The van der Waals surface area contributed by atoms with Crippen molar-refractivity contribution in [3.05, 3.63) is 0 Å². The van der Waals surface area contributed by atoms with Crippen LogP contribution in [-0.2, 0) is 4.79 Å². The molecule has 21 heavy (non-hydrogen) atoms. The summed E-state index contributed by atoms with van der Waals surface area (Å²) >= 11 is 0. The summed E-state index contributed by atoms with van der Waals surface area (Å²) in [5.74, 6) is 0.793. The van der Waals surface area contributed by atoms with Crippen LogP contribution in [0.2, 0.25) is 0 Å². The minimum Gasteiger partial charge on any atom is -0.340 e. The summed E-state index contributed by atoms with van der Waals surface area (Å²) in [6.45, 7) is 12.2. The number of nitrogens with zero attached hydrogens (tertiary/aromatic N) is 3. The molecule has 0 aliphatic carbocycles. The number of carbonyl (C=O) groups excluding carboxylic acids is 1. The highest BCUT2D eigenvalue weighted by Gasteiger charge is 2.46. The zero-order valence-electron chi connectivity index (χ0n) is 14.2. The van der Waals surface area contributed by atoms with Gasteiger partial charge in [-0.15, -0.1) is 0 Å². The first kappa shape index (κ1) is 16.7. The zero-order chi connectivity index (χ0) is 15.5. The first-order valence-electron chi connectivity index (χ1n) is 8.33. The molecule has 2 fully saturated rings. The van der Waals surface area contributed by atoms with Gasteiger partial charge in [-0.2, -0.15) is 0 Å². The largest absolute Gasteiger partial charge is 0.340 e. The Kier molecular flexibility index (Phi) is 5.63. The summed E-state index contributed by atoms with van der Waals surface area (Å²) in [4.78, 5) is 19.8. The van der Waals surface area contributed by atoms with E-state index in [-0.39, 0.29) is 5.41 Å². The topological polar surface area (TPSA) is 38.8 Å². The van der Waals surface area contributed by atoms with Gasteiger partial charge in [0.1, 0.15) is 0 Å². The molecule has 0 radical (unpaired) electrons. The van der Waals surface area contributed by atoms with Crippen molar-refractivity contribution in [1.29, 1.82) is 0 Å². The number of rotatable bonds is 5. The normalized spacial score (nSPS) is 27.8. The van der Waals surface area contributed by atoms with Crippen LogP contribution < -0.4 is 5.32 Å². The summed E-state index contributed by atoms with van der Waals surface area (Å²) in [7, 11) is 4.22. The van der Waals surface area contributed by atoms with Gasteiger partial charge in [0, 0.05) is 45.8 Å². The van der Waals surface area contributed by atoms with E-state index < -0.39 is 0 Å². The Morgan fingerprint density at radius 2 is 1.90 bits per heavy atom. The van der Waals surface area contributed by atoms with E-state index in [0.717, 1.165) is 58.8 Å². The lowest BCUT2D eigenvalue weighted by Gasteiger charge is -2.41. The highest BCUT2D eigenvalue weighted by Crippen LogP contribution is 2.36. The second kappa shape index (κ2) is 7.07. The minimum atomic E-state index is -0.161. The van der Waals surface area contributed by atoms with E-state index in [0.29, 0.717) is 11.8 Å². The predicted molar refractivity (Wildman–Crippen MR) is 86.3 cm³/mol. The molecule has 0 bridgehead atoms. The Morgan fingerprint density at radius 3 is 2.38 bits per heavy atom. The SMILES string of the molecule is CC(C)C1(C(=O)N2CCN(CCN(C)C)CC2)CCNC1. The Labute approximate surface area is 129 Å². The number of hydrogen-bond donors (Lipinski definition) is 1. The van der Waals surface area contributed by atoms with Gasteiger partial charge in [0.15, 0.2) is 0 Å². The van der Waals surface area contributed by atoms with E-state index >= 15 is 0 Å². The van der Waals surface area contributed by atoms with Crippen molar-refractivity contribution in [3.8, 4) is 0 Å². The molecule has 1 amide bonds. The number of amides is 1. The maximum absolute atomic E-state index is 13.0. The lowest BCUT2D eigenvalue weighted by molar-refractivity contribution is -0.145. The maximum Gasteiger partial charge on any atom is 0.230 e. The number of nitrogens with one attached hydrogen (secondary N) is 1. The van der Waals surface area contributed by atoms with Crippen LogP contribution in [0.15, 0.2) is 0 Å². The summed E-state index contributed by atoms with van der Waals surface area (Å²) < 4.78 is 0. The quantitative estimate of drug-likeness (QED) is 0.793. The highest BCUT2D eigenvalue weighted by molar-refractivity contribution is 5.84. The van der Waals surface area contributed by atoms with Crippen molar-refractivity contribution >= 4 is 5.91 Å². The van der Waals surface area contributed by atoms with Crippen LogP contribution in [0.4, 0.5) is 0 Å². The third kappa shape index (κ3) is 3.76. The van der Waals surface area contributed by atoms with Crippen molar-refractivity contribution in [2.24, 2.45) is 11.3 Å². The van der Waals surface area contributed by atoms with Gasteiger partial charge in [0.05, 0.1) is 5.41 Å². The molecule has 2 rings (SSSR count). The number of carbonyl (C=O) groups is 1. The van der Waals surface area contributed by atoms with Crippen LogP contribution in [0.25, 0.3) is 0 Å². The molecule has 1 unspecified atom stereocenters. The first-order valence-corrected chi connectivity index (χ1v) is 8.33. The van der Waals surface area contributed by atoms with Crippen LogP contribution in [0.1, 0.15) is 20.3 Å². The third-order valence-corrected chi connectivity index (χ3v) is 5.24. The lowest BCUT2D eigenvalue weighted by atomic mass is 9.75. The molecule has 5 heteroatoms. The van der Waals surface area contributed by atoms with Crippen LogP contribution >= 0.6 is 0 Å². The molecule has 0 aromatic carbocycles. The maximum atomic E-state index is 13.0. The molecule has 0 spiro atoms. The molecule has 1 atom stereocenters. The van der Waals surface area contributed by atoms with E-state index in [2.05, 4.69) is 48.0 Å². The van der Waals surface area contributed by atoms with Gasteiger partial charge in [0.2, 0.25) is 5.91 Å². The van der Waals surface area contributed by atoms with E-state index in [1.54, 1.807) is 0 Å². The molecular formula is C16H32N4O. The fraction of sp³-hybridized carbons (Fsp3) is 0.938. The molecule has 2 aliphatic heterocycles. The lowest BCUT2D eigenvalue weighted by Crippen LogP contribution is -2.55. The van der Waals surface area contributed by atoms with E-state index in [9.17, 15) is 4.79 Å². The Bertz CT molecular complexity index is 342. The van der Waals surface area contributed by atoms with Crippen LogP contribution in [0, 0.1) is 11.3 Å². The van der Waals surface area contributed by atoms with Gasteiger partial charge in [-0.25, -0.2) is 0 Å². The predicted octanol–water partition coefficient (Wildman–Crippen LogP) is 0.328. The molecule has 0 aromatic rings. The number of likely N-dealkylation sites (N-methyl/N-ethyl adjacent to an activating group) is 1. The van der Waals surface area contributed by atoms with Crippen LogP contribution in [0.3, 0.4) is 0 Å². The molecule has 5 nitrogen and oxygen atoms in total. The summed E-state index contributed by atoms with van der Waals surface area (Å²) in [5.41, 5.74) is -0.161. The molecule has 2 aliphatic rings. The van der Waals surface area contributed by atoms with Crippen molar-refractivity contribution in [1.82, 2.24) is 20.0 Å². The molecule has 2 heterocycles. The zero-order valence-corrected chi connectivity index (χ0v) is 14.2. The van der Waals surface area contributed by atoms with Gasteiger partial charge < -0.3 is 15.1 Å². The Balaban J connectivity index is 1.88. The van der Waals surface area contributed by atoms with E-state index in [1.807, 2.05) is 0 Å². The van der Waals surface area contributed by atoms with Crippen LogP contribution in [0.5, 0.6) is 0 Å². The van der Waals surface area contributed by atoms with Gasteiger partial charge in [-0.05, 0) is 33.0 Å². The van der Waals surface area contributed by atoms with Crippen molar-refractivity contribution in [3.63, 3.8) is 0 Å². The van der Waals surface area contributed by atoms with Gasteiger partial charge >= 0.3 is 0 Å². The Hall–Kier alpha value is -0.650. The fourth-order valence-corrected chi connectivity index (χ4v) is 3.46. The van der Waals surface area contributed by atoms with E-state index in [4.69, 9.17) is 0 Å². The second-order valence-corrected chi connectivity index (χ2v) is 7.17. The van der Waals surface area contributed by atoms with Crippen LogP contribution in [-0.4, -0.2) is 87.1 Å². The molecule has 0 aromatic heterocycles. The third-order valence-electron chi connectivity index (χ3n) is 5.24. The second-order valence-electron chi connectivity index (χ2n) is 7.17. The summed E-state index contributed by atoms with van der Waals surface area (Å²) in [6, 6.07) is 0. The average molecular weight is 296 g/mol. The number of piperazine rings is 1. The number of hydrogen-bond acceptors (Lipinski definition) is 4. The smallest absolute Gasteiger partial charge is 0.230 e. The molecule has 0 saturated carbocycles. The van der Waals surface area contributed by atoms with Crippen molar-refractivity contribution < 1.29 is 4.79 Å². The summed E-state index contributed by atoms with van der Waals surface area (Å²) in [5, 5.41) is 3.39. The fourth-order valence-electron chi connectivity index (χ4n) is 3.46. The molecule has 1 N–H and O–H groups in total. The molecule has 2 saturated heterocycles. The van der Waals surface area contributed by atoms with Gasteiger partial charge in [-0.1, -0.05) is 13.8 Å². The van der Waals surface area contributed by atoms with Crippen molar-refractivity contribution in [2.45, 2.75) is 20.3 Å². The molecule has 122 valence electrons. The summed E-state index contributed by atoms with van der Waals surface area (Å²) in [6.07, 6.45) is 0.990. The average Bonchev–Trinajstić information content (AvgIpc) is 2.95. The van der Waals surface area contributed by atoms with Gasteiger partial charge in [0.25, 0.3) is 0 Å². The Morgan fingerprint density at radius 1 is 1.24 bits per heavy atom. The highest BCUT2D eigenvalue weighted by atomic mass is 16.2. The van der Waals surface area contributed by atoms with Crippen molar-refractivity contribution in [2.75, 3.05) is 66.5 Å². The first-order chi connectivity index (χ1) is 9.95. The van der Waals surface area contributed by atoms with Gasteiger partial charge in [-0.3, -0.25) is 9.69 Å².